The van der Waals surface area contributed by atoms with E-state index in [1.165, 1.54) is 40.7 Å². The summed E-state index contributed by atoms with van der Waals surface area (Å²) in [6, 6.07) is 7.18. The number of phenolic OH excluding ortho intramolecular Hbond substituents is 2. The van der Waals surface area contributed by atoms with Crippen LogP contribution in [0, 0.1) is 13.8 Å². The van der Waals surface area contributed by atoms with E-state index < -0.39 is 0 Å². The van der Waals surface area contributed by atoms with Gasteiger partial charge in [-0.05, 0) is 49.2 Å². The number of aromatic nitrogens is 6. The van der Waals surface area contributed by atoms with Crippen molar-refractivity contribution in [3.8, 4) is 11.5 Å². The Morgan fingerprint density at radius 2 is 1.28 bits per heavy atom. The van der Waals surface area contributed by atoms with Gasteiger partial charge < -0.3 is 10.2 Å². The number of aromatic hydroxyl groups is 2. The number of nitrogens with zero attached hydrogens (tertiary/aromatic N) is 10. The molecule has 0 saturated carbocycles. The Balaban J connectivity index is 1.60. The Bertz CT molecular complexity index is 1430. The average molecular weight is 483 g/mol. The highest BCUT2D eigenvalue weighted by Crippen LogP contribution is 2.23. The lowest BCUT2D eigenvalue weighted by Crippen LogP contribution is -2.01. The van der Waals surface area contributed by atoms with Crippen LogP contribution in [0.3, 0.4) is 0 Å². The van der Waals surface area contributed by atoms with Gasteiger partial charge in [0.05, 0.1) is 18.6 Å². The highest BCUT2D eigenvalue weighted by atomic mass is 16.3. The molecule has 2 aromatic carbocycles. The minimum absolute atomic E-state index is 0.000712. The second-order valence-corrected chi connectivity index (χ2v) is 8.00. The number of anilines is 1. The van der Waals surface area contributed by atoms with Crippen LogP contribution in [0.1, 0.15) is 39.2 Å². The van der Waals surface area contributed by atoms with Crippen LogP contribution in [0.25, 0.3) is 0 Å². The Morgan fingerprint density at radius 1 is 0.722 bits per heavy atom. The number of hydrazone groups is 1. The number of hydrogen-bond donors (Lipinski definition) is 3. The van der Waals surface area contributed by atoms with E-state index in [9.17, 15) is 10.2 Å². The molecule has 5 rings (SSSR count). The predicted molar refractivity (Wildman–Crippen MR) is 134 cm³/mol. The van der Waals surface area contributed by atoms with Crippen LogP contribution in [0.4, 0.5) is 5.95 Å². The van der Waals surface area contributed by atoms with Gasteiger partial charge in [-0.1, -0.05) is 0 Å². The minimum atomic E-state index is 0.000712. The van der Waals surface area contributed by atoms with E-state index in [1.54, 1.807) is 24.4 Å². The summed E-state index contributed by atoms with van der Waals surface area (Å²) in [5.41, 5.74) is 6.53. The largest absolute Gasteiger partial charge is 0.507 e. The standard InChI is InChI=1S/C23H21N11O2/c1-14-3-16-7-24-11-20-30-26-12-33(20)28-9-18-6-15(2)4-17(22(18)36)8-25-31-23-32-27-13-34(23)29-10-19(5-14)21(16)35/h3-10,12-13,35-36H,11H2,1-2H3,(H,31,32)/b24-7?,25-8+,28-9+,29-10+. The molecule has 1 aliphatic rings. The molecule has 2 aromatic heterocycles. The van der Waals surface area contributed by atoms with Gasteiger partial charge >= 0.3 is 0 Å². The molecule has 0 unspecified atom stereocenters. The quantitative estimate of drug-likeness (QED) is 0.344. The zero-order valence-corrected chi connectivity index (χ0v) is 19.3. The maximum atomic E-state index is 10.8. The topological polar surface area (TPSA) is 163 Å². The molecule has 13 nitrogen and oxygen atoms in total. The van der Waals surface area contributed by atoms with Crippen molar-refractivity contribution in [1.29, 1.82) is 0 Å². The van der Waals surface area contributed by atoms with E-state index in [0.29, 0.717) is 28.1 Å². The zero-order chi connectivity index (χ0) is 25.1. The molecule has 0 fully saturated rings. The summed E-state index contributed by atoms with van der Waals surface area (Å²) < 4.78 is 2.83. The fourth-order valence-corrected chi connectivity index (χ4v) is 3.54. The summed E-state index contributed by atoms with van der Waals surface area (Å²) in [4.78, 5) is 4.41. The van der Waals surface area contributed by atoms with Gasteiger partial charge in [0.25, 0.3) is 5.95 Å². The molecule has 0 amide bonds. The number of phenols is 2. The number of hydrogen-bond acceptors (Lipinski definition) is 11. The summed E-state index contributed by atoms with van der Waals surface area (Å²) in [7, 11) is 0. The first-order chi connectivity index (χ1) is 17.5. The number of fused-ring (bicyclic) bond motifs is 6. The Morgan fingerprint density at radius 3 is 1.97 bits per heavy atom. The third kappa shape index (κ3) is 4.70. The van der Waals surface area contributed by atoms with Gasteiger partial charge in [0.15, 0.2) is 5.82 Å². The van der Waals surface area contributed by atoms with Crippen molar-refractivity contribution < 1.29 is 10.2 Å². The molecule has 4 bridgehead atoms. The van der Waals surface area contributed by atoms with Gasteiger partial charge in [0.1, 0.15) is 30.7 Å². The number of aliphatic imine (C=N–C) groups is 1. The molecule has 0 saturated heterocycles. The number of benzene rings is 2. The maximum Gasteiger partial charge on any atom is 0.265 e. The van der Waals surface area contributed by atoms with Crippen LogP contribution in [-0.2, 0) is 6.54 Å². The first-order valence-corrected chi connectivity index (χ1v) is 10.8. The number of nitrogens with one attached hydrogen (secondary N) is 1. The summed E-state index contributed by atoms with van der Waals surface area (Å²) in [6.45, 7) is 3.97. The van der Waals surface area contributed by atoms with Crippen LogP contribution < -0.4 is 5.43 Å². The van der Waals surface area contributed by atoms with Crippen LogP contribution in [0.15, 0.2) is 57.2 Å². The molecule has 1 aliphatic heterocycles. The molecule has 0 radical (unpaired) electrons. The fourth-order valence-electron chi connectivity index (χ4n) is 3.54. The Labute approximate surface area is 204 Å². The summed E-state index contributed by atoms with van der Waals surface area (Å²) >= 11 is 0. The molecular formula is C23H21N11O2. The normalized spacial score (nSPS) is 15.8. The lowest BCUT2D eigenvalue weighted by atomic mass is 10.1. The molecular weight excluding hydrogens is 462 g/mol. The summed E-state index contributed by atoms with van der Waals surface area (Å²) in [5.74, 6) is 0.733. The molecule has 3 heterocycles. The highest BCUT2D eigenvalue weighted by Gasteiger charge is 2.10. The summed E-state index contributed by atoms with van der Waals surface area (Å²) in [6.07, 6.45) is 8.84. The number of aryl methyl sites for hydroxylation is 2. The van der Waals surface area contributed by atoms with Crippen molar-refractivity contribution in [2.24, 2.45) is 20.3 Å². The minimum Gasteiger partial charge on any atom is -0.507 e. The van der Waals surface area contributed by atoms with Crippen LogP contribution in [0.5, 0.6) is 11.5 Å². The molecule has 13 heteroatoms. The third-order valence-corrected chi connectivity index (χ3v) is 5.23. The lowest BCUT2D eigenvalue weighted by molar-refractivity contribution is 0.473. The average Bonchev–Trinajstić information content (AvgIpc) is 3.49. The summed E-state index contributed by atoms with van der Waals surface area (Å²) in [5, 5.41) is 50.2. The van der Waals surface area contributed by atoms with E-state index in [-0.39, 0.29) is 24.0 Å². The Hall–Kier alpha value is -5.20. The predicted octanol–water partition coefficient (Wildman–Crippen LogP) is 2.04. The van der Waals surface area contributed by atoms with Crippen LogP contribution in [0.2, 0.25) is 0 Å². The second-order valence-electron chi connectivity index (χ2n) is 8.00. The smallest absolute Gasteiger partial charge is 0.265 e. The molecule has 4 aromatic rings. The SMILES string of the molecule is Cc1cc2c(O)c(c1)/C=N/n1cnnc1N/N=C/c1cc(C)cc(c1O)/C=N/n1cnnc1CN=C2. The fraction of sp³-hybridized carbons (Fsp3) is 0.130. The molecule has 0 spiro atoms. The monoisotopic (exact) mass is 483 g/mol. The van der Waals surface area contributed by atoms with Crippen molar-refractivity contribution in [3.05, 3.63) is 76.1 Å². The van der Waals surface area contributed by atoms with E-state index >= 15 is 0 Å². The van der Waals surface area contributed by atoms with E-state index in [1.807, 2.05) is 19.9 Å². The maximum absolute atomic E-state index is 10.8. The van der Waals surface area contributed by atoms with E-state index in [4.69, 9.17) is 0 Å². The van der Waals surface area contributed by atoms with E-state index in [0.717, 1.165) is 11.1 Å². The lowest BCUT2D eigenvalue weighted by Gasteiger charge is -2.07. The molecule has 180 valence electrons. The van der Waals surface area contributed by atoms with Crippen LogP contribution in [-0.4, -0.2) is 64.8 Å². The van der Waals surface area contributed by atoms with Gasteiger partial charge in [-0.2, -0.15) is 20.0 Å². The van der Waals surface area contributed by atoms with Gasteiger partial charge in [0.2, 0.25) is 0 Å². The molecule has 36 heavy (non-hydrogen) atoms. The number of rotatable bonds is 0. The zero-order valence-electron chi connectivity index (χ0n) is 19.3. The third-order valence-electron chi connectivity index (χ3n) is 5.23. The van der Waals surface area contributed by atoms with Crippen molar-refractivity contribution in [2.45, 2.75) is 20.4 Å². The molecule has 0 aliphatic carbocycles. The van der Waals surface area contributed by atoms with Gasteiger partial charge in [-0.15, -0.1) is 20.4 Å². The van der Waals surface area contributed by atoms with Gasteiger partial charge in [0, 0.05) is 28.5 Å². The van der Waals surface area contributed by atoms with Crippen molar-refractivity contribution in [3.63, 3.8) is 0 Å². The molecule has 0 atom stereocenters. The van der Waals surface area contributed by atoms with Crippen LogP contribution >= 0.6 is 0 Å². The Kier molecular flexibility index (Phi) is 6.01. The van der Waals surface area contributed by atoms with E-state index in [2.05, 4.69) is 46.1 Å². The first kappa shape index (κ1) is 22.6. The first-order valence-electron chi connectivity index (χ1n) is 10.8. The van der Waals surface area contributed by atoms with Crippen molar-refractivity contribution in [2.75, 3.05) is 5.43 Å². The molecule has 3 N–H and O–H groups in total. The second kappa shape index (κ2) is 9.58. The van der Waals surface area contributed by atoms with Crippen molar-refractivity contribution >= 4 is 30.8 Å². The highest BCUT2D eigenvalue weighted by molar-refractivity contribution is 5.93. The van der Waals surface area contributed by atoms with Crippen molar-refractivity contribution in [1.82, 2.24) is 29.7 Å². The van der Waals surface area contributed by atoms with Gasteiger partial charge in [-0.25, -0.2) is 10.1 Å². The van der Waals surface area contributed by atoms with Gasteiger partial charge in [-0.3, -0.25) is 4.99 Å².